The molecule has 4 aliphatic rings. The van der Waals surface area contributed by atoms with Gasteiger partial charge in [0.2, 0.25) is 0 Å². The highest BCUT2D eigenvalue weighted by molar-refractivity contribution is 5.87. The molecule has 6 atom stereocenters. The van der Waals surface area contributed by atoms with Crippen molar-refractivity contribution in [3.05, 3.63) is 0 Å². The third kappa shape index (κ3) is 1.77. The molecule has 4 saturated carbocycles. The molecule has 0 radical (unpaired) electrons. The van der Waals surface area contributed by atoms with Gasteiger partial charge < -0.3 is 0 Å². The van der Waals surface area contributed by atoms with Gasteiger partial charge in [0.1, 0.15) is 11.6 Å². The molecule has 0 aromatic heterocycles. The van der Waals surface area contributed by atoms with E-state index in [0.29, 0.717) is 28.8 Å². The fourth-order valence-electron chi connectivity index (χ4n) is 6.82. The number of fused-ring (bicyclic) bond motifs is 5. The van der Waals surface area contributed by atoms with Gasteiger partial charge in [-0.25, -0.2) is 0 Å². The summed E-state index contributed by atoms with van der Waals surface area (Å²) < 4.78 is 0. The smallest absolute Gasteiger partial charge is 0.139 e. The Morgan fingerprint density at radius 3 is 2.52 bits per heavy atom. The average molecular weight is 288 g/mol. The summed E-state index contributed by atoms with van der Waals surface area (Å²) in [4.78, 5) is 24.2. The highest BCUT2D eigenvalue weighted by Gasteiger charge is 2.60. The quantitative estimate of drug-likeness (QED) is 0.670. The summed E-state index contributed by atoms with van der Waals surface area (Å²) >= 11 is 0. The molecule has 4 fully saturated rings. The Labute approximate surface area is 128 Å². The molecule has 0 unspecified atom stereocenters. The van der Waals surface area contributed by atoms with Gasteiger partial charge in [-0.15, -0.1) is 0 Å². The molecular formula is C19H28O2. The predicted molar refractivity (Wildman–Crippen MR) is 81.7 cm³/mol. The number of ketones is 2. The summed E-state index contributed by atoms with van der Waals surface area (Å²) in [5.41, 5.74) is 0.374. The largest absolute Gasteiger partial charge is 0.300 e. The summed E-state index contributed by atoms with van der Waals surface area (Å²) in [6, 6.07) is 0. The molecule has 0 spiro atoms. The van der Waals surface area contributed by atoms with Crippen molar-refractivity contribution in [1.82, 2.24) is 0 Å². The van der Waals surface area contributed by atoms with Crippen LogP contribution >= 0.6 is 0 Å². The molecule has 0 amide bonds. The fourth-order valence-corrected chi connectivity index (χ4v) is 6.82. The molecule has 0 bridgehead atoms. The molecule has 0 N–H and O–H groups in total. The first-order chi connectivity index (χ1) is 9.95. The van der Waals surface area contributed by atoms with Gasteiger partial charge in [0, 0.05) is 24.7 Å². The van der Waals surface area contributed by atoms with E-state index in [1.165, 1.54) is 19.3 Å². The van der Waals surface area contributed by atoms with Crippen LogP contribution in [-0.4, -0.2) is 11.6 Å². The Morgan fingerprint density at radius 2 is 1.71 bits per heavy atom. The van der Waals surface area contributed by atoms with Gasteiger partial charge in [0.25, 0.3) is 0 Å². The van der Waals surface area contributed by atoms with Gasteiger partial charge in [-0.2, -0.15) is 0 Å². The van der Waals surface area contributed by atoms with Crippen molar-refractivity contribution in [2.75, 3.05) is 0 Å². The monoisotopic (exact) mass is 288 g/mol. The highest BCUT2D eigenvalue weighted by atomic mass is 16.1. The molecule has 0 aromatic carbocycles. The van der Waals surface area contributed by atoms with Crippen LogP contribution in [0.3, 0.4) is 0 Å². The van der Waals surface area contributed by atoms with Crippen molar-refractivity contribution < 1.29 is 9.59 Å². The topological polar surface area (TPSA) is 34.1 Å². The first-order valence-electron chi connectivity index (χ1n) is 9.00. The standard InChI is InChI=1S/C19H28O2/c1-18-9-7-13(20)11-12(18)3-4-14-15-5-6-17(21)19(15,2)10-8-16(14)18/h12,14-16H,3-11H2,1-2H3/t12-,14-,15+,16+,18-,19+/m1/s1. The van der Waals surface area contributed by atoms with Crippen molar-refractivity contribution in [3.8, 4) is 0 Å². The first kappa shape index (κ1) is 14.0. The summed E-state index contributed by atoms with van der Waals surface area (Å²) in [6.45, 7) is 4.72. The molecule has 116 valence electrons. The molecule has 0 saturated heterocycles. The van der Waals surface area contributed by atoms with Crippen molar-refractivity contribution >= 4 is 11.6 Å². The molecule has 0 aliphatic heterocycles. The van der Waals surface area contributed by atoms with Gasteiger partial charge in [0.05, 0.1) is 0 Å². The number of hydrogen-bond acceptors (Lipinski definition) is 2. The number of hydrogen-bond donors (Lipinski definition) is 0. The number of carbonyl (C=O) groups is 2. The van der Waals surface area contributed by atoms with Gasteiger partial charge in [-0.05, 0) is 67.6 Å². The number of carbonyl (C=O) groups excluding carboxylic acids is 2. The summed E-state index contributed by atoms with van der Waals surface area (Å²) in [7, 11) is 0. The third-order valence-corrected chi connectivity index (χ3v) is 8.19. The van der Waals surface area contributed by atoms with Crippen LogP contribution < -0.4 is 0 Å². The fraction of sp³-hybridized carbons (Fsp3) is 0.895. The van der Waals surface area contributed by atoms with Crippen LogP contribution in [0, 0.1) is 34.5 Å². The maximum Gasteiger partial charge on any atom is 0.139 e. The Kier molecular flexibility index (Phi) is 2.94. The Bertz CT molecular complexity index is 496. The Hall–Kier alpha value is -0.660. The molecule has 21 heavy (non-hydrogen) atoms. The van der Waals surface area contributed by atoms with E-state index in [4.69, 9.17) is 0 Å². The van der Waals surface area contributed by atoms with E-state index in [2.05, 4.69) is 13.8 Å². The Morgan fingerprint density at radius 1 is 0.905 bits per heavy atom. The van der Waals surface area contributed by atoms with Gasteiger partial charge in [0.15, 0.2) is 0 Å². The van der Waals surface area contributed by atoms with E-state index in [9.17, 15) is 9.59 Å². The van der Waals surface area contributed by atoms with Crippen LogP contribution in [0.25, 0.3) is 0 Å². The molecule has 4 rings (SSSR count). The maximum absolute atomic E-state index is 12.4. The molecule has 4 aliphatic carbocycles. The minimum Gasteiger partial charge on any atom is -0.300 e. The molecule has 0 heterocycles. The van der Waals surface area contributed by atoms with Crippen molar-refractivity contribution in [3.63, 3.8) is 0 Å². The summed E-state index contributed by atoms with van der Waals surface area (Å²) in [5, 5.41) is 0. The second kappa shape index (κ2) is 4.43. The zero-order valence-electron chi connectivity index (χ0n) is 13.5. The van der Waals surface area contributed by atoms with E-state index >= 15 is 0 Å². The van der Waals surface area contributed by atoms with E-state index in [0.717, 1.165) is 50.4 Å². The second-order valence-electron chi connectivity index (χ2n) is 8.82. The second-order valence-corrected chi connectivity index (χ2v) is 8.82. The van der Waals surface area contributed by atoms with Crippen molar-refractivity contribution in [1.29, 1.82) is 0 Å². The molecular weight excluding hydrogens is 260 g/mol. The zero-order valence-corrected chi connectivity index (χ0v) is 13.5. The van der Waals surface area contributed by atoms with Crippen LogP contribution in [0.2, 0.25) is 0 Å². The first-order valence-corrected chi connectivity index (χ1v) is 9.00. The minimum absolute atomic E-state index is 0.00511. The summed E-state index contributed by atoms with van der Waals surface area (Å²) in [6.07, 6.45) is 9.53. The van der Waals surface area contributed by atoms with Crippen LogP contribution in [0.15, 0.2) is 0 Å². The maximum atomic E-state index is 12.4. The lowest BCUT2D eigenvalue weighted by atomic mass is 9.45. The van der Waals surface area contributed by atoms with Crippen LogP contribution in [-0.2, 0) is 9.59 Å². The van der Waals surface area contributed by atoms with E-state index < -0.39 is 0 Å². The van der Waals surface area contributed by atoms with E-state index in [1.807, 2.05) is 0 Å². The normalized spacial score (nSPS) is 53.0. The minimum atomic E-state index is -0.00511. The zero-order chi connectivity index (χ0) is 14.8. The lowest BCUT2D eigenvalue weighted by Crippen LogP contribution is -2.53. The Balaban J connectivity index is 1.65. The van der Waals surface area contributed by atoms with Crippen molar-refractivity contribution in [2.45, 2.75) is 71.6 Å². The molecule has 2 heteroatoms. The third-order valence-electron chi connectivity index (χ3n) is 8.19. The lowest BCUT2D eigenvalue weighted by molar-refractivity contribution is -0.144. The summed E-state index contributed by atoms with van der Waals surface area (Å²) in [5.74, 6) is 3.82. The SMILES string of the molecule is C[C@@]12CCC(=O)C[C@H]1CC[C@H]1[C@@H]2CC[C@]2(C)C(=O)CC[C@@H]12. The lowest BCUT2D eigenvalue weighted by Gasteiger charge is -2.59. The molecule has 0 aromatic rings. The van der Waals surface area contributed by atoms with E-state index in [-0.39, 0.29) is 5.41 Å². The highest BCUT2D eigenvalue weighted by Crippen LogP contribution is 2.65. The van der Waals surface area contributed by atoms with E-state index in [1.54, 1.807) is 0 Å². The molecule has 2 nitrogen and oxygen atoms in total. The predicted octanol–water partition coefficient (Wildman–Crippen LogP) is 4.17. The van der Waals surface area contributed by atoms with Crippen molar-refractivity contribution in [2.24, 2.45) is 34.5 Å². The van der Waals surface area contributed by atoms with Crippen LogP contribution in [0.5, 0.6) is 0 Å². The van der Waals surface area contributed by atoms with Gasteiger partial charge >= 0.3 is 0 Å². The number of Topliss-reactive ketones (excluding diaryl/α,β-unsaturated/α-hetero) is 2. The average Bonchev–Trinajstić information content (AvgIpc) is 2.76. The van der Waals surface area contributed by atoms with Gasteiger partial charge in [-0.3, -0.25) is 9.59 Å². The van der Waals surface area contributed by atoms with Crippen LogP contribution in [0.1, 0.15) is 71.6 Å². The number of rotatable bonds is 0. The van der Waals surface area contributed by atoms with Crippen LogP contribution in [0.4, 0.5) is 0 Å². The van der Waals surface area contributed by atoms with Gasteiger partial charge in [-0.1, -0.05) is 13.8 Å².